The Morgan fingerprint density at radius 1 is 1.03 bits per heavy atom. The van der Waals surface area contributed by atoms with Crippen LogP contribution in [0.15, 0.2) is 76.1 Å². The van der Waals surface area contributed by atoms with E-state index in [1.807, 2.05) is 18.2 Å². The molecular formula is C25H17BrCl2N2O4S. The van der Waals surface area contributed by atoms with Crippen LogP contribution in [0.4, 0.5) is 10.5 Å². The zero-order valence-corrected chi connectivity index (χ0v) is 21.9. The van der Waals surface area contributed by atoms with E-state index in [2.05, 4.69) is 21.2 Å². The van der Waals surface area contributed by atoms with Gasteiger partial charge in [0.1, 0.15) is 18.9 Å². The van der Waals surface area contributed by atoms with Gasteiger partial charge in [0.15, 0.2) is 0 Å². The summed E-state index contributed by atoms with van der Waals surface area (Å²) >= 11 is 16.3. The van der Waals surface area contributed by atoms with E-state index in [9.17, 15) is 14.4 Å². The lowest BCUT2D eigenvalue weighted by Crippen LogP contribution is -2.36. The van der Waals surface area contributed by atoms with Gasteiger partial charge >= 0.3 is 0 Å². The van der Waals surface area contributed by atoms with Gasteiger partial charge in [0.05, 0.1) is 10.6 Å². The Hall–Kier alpha value is -2.78. The number of rotatable bonds is 7. The first-order valence-corrected chi connectivity index (χ1v) is 12.6. The Kier molecular flexibility index (Phi) is 8.18. The molecule has 1 aliphatic heterocycles. The third-order valence-corrected chi connectivity index (χ3v) is 6.93. The molecule has 4 rings (SSSR count). The number of carbonyl (C=O) groups excluding carboxylic acids is 3. The van der Waals surface area contributed by atoms with Crippen molar-refractivity contribution in [1.82, 2.24) is 4.90 Å². The summed E-state index contributed by atoms with van der Waals surface area (Å²) in [4.78, 5) is 39.0. The molecule has 0 spiro atoms. The molecule has 0 bridgehead atoms. The molecule has 178 valence electrons. The molecule has 0 aliphatic carbocycles. The van der Waals surface area contributed by atoms with E-state index in [1.54, 1.807) is 48.5 Å². The molecule has 0 radical (unpaired) electrons. The molecule has 0 unspecified atom stereocenters. The number of halogens is 3. The number of thioether (sulfide) groups is 1. The third-order valence-electron chi connectivity index (χ3n) is 4.87. The first-order chi connectivity index (χ1) is 16.8. The maximum absolute atomic E-state index is 12.9. The van der Waals surface area contributed by atoms with Crippen LogP contribution in [0.5, 0.6) is 5.75 Å². The Balaban J connectivity index is 1.49. The van der Waals surface area contributed by atoms with Crippen molar-refractivity contribution in [3.8, 4) is 5.75 Å². The van der Waals surface area contributed by atoms with Gasteiger partial charge in [-0.25, -0.2) is 0 Å². The van der Waals surface area contributed by atoms with Gasteiger partial charge in [-0.2, -0.15) is 0 Å². The Labute approximate surface area is 224 Å². The molecule has 1 heterocycles. The summed E-state index contributed by atoms with van der Waals surface area (Å²) in [6.07, 6.45) is 1.54. The molecule has 3 aromatic carbocycles. The summed E-state index contributed by atoms with van der Waals surface area (Å²) in [7, 11) is 0. The van der Waals surface area contributed by atoms with Crippen molar-refractivity contribution in [3.05, 3.63) is 97.3 Å². The Morgan fingerprint density at radius 2 is 1.80 bits per heavy atom. The topological polar surface area (TPSA) is 75.7 Å². The van der Waals surface area contributed by atoms with Crippen LogP contribution in [0.1, 0.15) is 11.1 Å². The smallest absolute Gasteiger partial charge is 0.294 e. The number of hydrogen-bond donors (Lipinski definition) is 1. The maximum atomic E-state index is 12.9. The van der Waals surface area contributed by atoms with Gasteiger partial charge in [0.25, 0.3) is 11.1 Å². The molecule has 1 saturated heterocycles. The van der Waals surface area contributed by atoms with Gasteiger partial charge in [0.2, 0.25) is 5.91 Å². The standard InChI is InChI=1S/C25H17BrCl2N2O4S/c26-19-6-1-2-7-20(19)29-23(31)13-30-24(32)22(35-25(30)33)12-16-11-18(28)8-9-21(16)34-14-15-4-3-5-17(27)10-15/h1-12H,13-14H2,(H,29,31)/b22-12+. The van der Waals surface area contributed by atoms with E-state index in [-0.39, 0.29) is 11.5 Å². The predicted octanol–water partition coefficient (Wildman–Crippen LogP) is 7.01. The lowest BCUT2D eigenvalue weighted by atomic mass is 10.1. The number of nitrogens with one attached hydrogen (secondary N) is 1. The molecule has 3 amide bonds. The molecule has 10 heteroatoms. The number of nitrogens with zero attached hydrogens (tertiary/aromatic N) is 1. The minimum atomic E-state index is -0.567. The number of anilines is 1. The lowest BCUT2D eigenvalue weighted by molar-refractivity contribution is -0.127. The number of benzene rings is 3. The number of para-hydroxylation sites is 1. The van der Waals surface area contributed by atoms with Crippen LogP contribution in [0, 0.1) is 0 Å². The van der Waals surface area contributed by atoms with Crippen molar-refractivity contribution >= 4 is 79.7 Å². The molecular weight excluding hydrogens is 575 g/mol. The van der Waals surface area contributed by atoms with Crippen LogP contribution in [0.2, 0.25) is 10.0 Å². The monoisotopic (exact) mass is 590 g/mol. The molecule has 35 heavy (non-hydrogen) atoms. The second kappa shape index (κ2) is 11.3. The van der Waals surface area contributed by atoms with Crippen molar-refractivity contribution in [3.63, 3.8) is 0 Å². The van der Waals surface area contributed by atoms with Crippen molar-refractivity contribution in [1.29, 1.82) is 0 Å². The SMILES string of the molecule is O=C(CN1C(=O)S/C(=C/c2cc(Cl)ccc2OCc2cccc(Cl)c2)C1=O)Nc1ccccc1Br. The molecule has 1 fully saturated rings. The van der Waals surface area contributed by atoms with E-state index in [0.717, 1.165) is 22.2 Å². The highest BCUT2D eigenvalue weighted by Crippen LogP contribution is 2.35. The average molecular weight is 592 g/mol. The summed E-state index contributed by atoms with van der Waals surface area (Å²) in [5, 5.41) is 3.19. The quantitative estimate of drug-likeness (QED) is 0.299. The van der Waals surface area contributed by atoms with E-state index in [1.165, 1.54) is 6.08 Å². The second-order valence-corrected chi connectivity index (χ2v) is 10.1. The molecule has 3 aromatic rings. The molecule has 1 aliphatic rings. The third kappa shape index (κ3) is 6.46. The summed E-state index contributed by atoms with van der Waals surface area (Å²) in [6.45, 7) is -0.156. The minimum Gasteiger partial charge on any atom is -0.488 e. The van der Waals surface area contributed by atoms with Gasteiger partial charge in [0, 0.05) is 20.1 Å². The Morgan fingerprint density at radius 3 is 2.57 bits per heavy atom. The highest BCUT2D eigenvalue weighted by Gasteiger charge is 2.36. The van der Waals surface area contributed by atoms with Crippen molar-refractivity contribution in [2.45, 2.75) is 6.61 Å². The van der Waals surface area contributed by atoms with Crippen LogP contribution in [0.25, 0.3) is 6.08 Å². The Bertz CT molecular complexity index is 1350. The summed E-state index contributed by atoms with van der Waals surface area (Å²) in [5.74, 6) is -0.579. The molecule has 1 N–H and O–H groups in total. The van der Waals surface area contributed by atoms with Gasteiger partial charge in [-0.05, 0) is 81.8 Å². The first-order valence-electron chi connectivity index (χ1n) is 10.3. The summed E-state index contributed by atoms with van der Waals surface area (Å²) in [6, 6.07) is 19.3. The fourth-order valence-electron chi connectivity index (χ4n) is 3.22. The van der Waals surface area contributed by atoms with Crippen molar-refractivity contribution in [2.75, 3.05) is 11.9 Å². The highest BCUT2D eigenvalue weighted by molar-refractivity contribution is 9.10. The fourth-order valence-corrected chi connectivity index (χ4v) is 4.83. The molecule has 0 atom stereocenters. The zero-order valence-electron chi connectivity index (χ0n) is 18.0. The number of imide groups is 1. The van der Waals surface area contributed by atoms with Crippen molar-refractivity contribution in [2.24, 2.45) is 0 Å². The molecule has 0 saturated carbocycles. The highest BCUT2D eigenvalue weighted by atomic mass is 79.9. The van der Waals surface area contributed by atoms with Crippen LogP contribution in [0.3, 0.4) is 0 Å². The van der Waals surface area contributed by atoms with Gasteiger partial charge in [-0.1, -0.05) is 47.5 Å². The number of carbonyl (C=O) groups is 3. The number of amides is 3. The fraction of sp³-hybridized carbons (Fsp3) is 0.0800. The van der Waals surface area contributed by atoms with E-state index < -0.39 is 23.6 Å². The lowest BCUT2D eigenvalue weighted by Gasteiger charge is -2.13. The van der Waals surface area contributed by atoms with Crippen LogP contribution in [-0.2, 0) is 16.2 Å². The van der Waals surface area contributed by atoms with Gasteiger partial charge in [-0.15, -0.1) is 0 Å². The second-order valence-electron chi connectivity index (χ2n) is 7.40. The average Bonchev–Trinajstić information content (AvgIpc) is 3.07. The van der Waals surface area contributed by atoms with Crippen LogP contribution >= 0.6 is 50.9 Å². The first kappa shape index (κ1) is 25.3. The van der Waals surface area contributed by atoms with E-state index in [4.69, 9.17) is 27.9 Å². The molecule has 6 nitrogen and oxygen atoms in total. The number of hydrogen-bond acceptors (Lipinski definition) is 5. The van der Waals surface area contributed by atoms with Crippen molar-refractivity contribution < 1.29 is 19.1 Å². The van der Waals surface area contributed by atoms with E-state index in [0.29, 0.717) is 31.5 Å². The maximum Gasteiger partial charge on any atom is 0.294 e. The van der Waals surface area contributed by atoms with Gasteiger partial charge < -0.3 is 10.1 Å². The largest absolute Gasteiger partial charge is 0.488 e. The van der Waals surface area contributed by atoms with E-state index >= 15 is 0 Å². The van der Waals surface area contributed by atoms with Gasteiger partial charge in [-0.3, -0.25) is 19.3 Å². The molecule has 0 aromatic heterocycles. The summed E-state index contributed by atoms with van der Waals surface area (Å²) in [5.41, 5.74) is 1.94. The van der Waals surface area contributed by atoms with Crippen LogP contribution < -0.4 is 10.1 Å². The zero-order chi connectivity index (χ0) is 24.9. The normalized spacial score (nSPS) is 14.5. The minimum absolute atomic E-state index is 0.165. The summed E-state index contributed by atoms with van der Waals surface area (Å²) < 4.78 is 6.61. The predicted molar refractivity (Wildman–Crippen MR) is 143 cm³/mol. The van der Waals surface area contributed by atoms with Crippen LogP contribution in [-0.4, -0.2) is 28.5 Å². The number of ether oxygens (including phenoxy) is 1.